The first-order chi connectivity index (χ1) is 7.74. The molecule has 1 N–H and O–H groups in total. The van der Waals surface area contributed by atoms with Gasteiger partial charge >= 0.3 is 0 Å². The minimum atomic E-state index is -0.0506. The Morgan fingerprint density at radius 3 is 2.75 bits per heavy atom. The average molecular weight is 265 g/mol. The van der Waals surface area contributed by atoms with Gasteiger partial charge in [0.15, 0.2) is 0 Å². The van der Waals surface area contributed by atoms with Gasteiger partial charge in [0.25, 0.3) is 5.91 Å². The molecule has 0 spiro atoms. The van der Waals surface area contributed by atoms with Crippen molar-refractivity contribution in [1.82, 2.24) is 5.32 Å². The largest absolute Gasteiger partial charge is 0.307 e. The van der Waals surface area contributed by atoms with Crippen molar-refractivity contribution in [3.63, 3.8) is 0 Å². The Bertz CT molecular complexity index is 509. The predicted molar refractivity (Wildman–Crippen MR) is 71.4 cm³/mol. The van der Waals surface area contributed by atoms with Gasteiger partial charge < -0.3 is 5.32 Å². The first kappa shape index (κ1) is 10.4. The van der Waals surface area contributed by atoms with Gasteiger partial charge in [-0.05, 0) is 11.6 Å². The number of carbonyl (C=O) groups is 1. The molecule has 2 aliphatic rings. The van der Waals surface area contributed by atoms with E-state index in [2.05, 4.69) is 17.4 Å². The van der Waals surface area contributed by atoms with E-state index in [1.54, 1.807) is 11.8 Å². The van der Waals surface area contributed by atoms with Gasteiger partial charge in [0, 0.05) is 16.2 Å². The van der Waals surface area contributed by atoms with Crippen molar-refractivity contribution in [2.24, 2.45) is 0 Å². The Balaban J connectivity index is 1.99. The fourth-order valence-electron chi connectivity index (χ4n) is 1.72. The van der Waals surface area contributed by atoms with E-state index in [1.165, 1.54) is 22.2 Å². The molecule has 1 aromatic carbocycles. The second-order valence-corrected chi connectivity index (χ2v) is 6.31. The number of nitrogens with one attached hydrogen (secondary N) is 1. The Kier molecular flexibility index (Phi) is 2.53. The zero-order valence-corrected chi connectivity index (χ0v) is 10.6. The minimum Gasteiger partial charge on any atom is -0.307 e. The van der Waals surface area contributed by atoms with E-state index in [-0.39, 0.29) is 5.91 Å². The summed E-state index contributed by atoms with van der Waals surface area (Å²) in [6, 6.07) is 8.24. The summed E-state index contributed by atoms with van der Waals surface area (Å²) in [4.78, 5) is 14.8. The van der Waals surface area contributed by atoms with Gasteiger partial charge in [-0.1, -0.05) is 53.9 Å². The number of rotatable bonds is 0. The van der Waals surface area contributed by atoms with Crippen LogP contribution >= 0.6 is 35.7 Å². The maximum atomic E-state index is 11.6. The second kappa shape index (κ2) is 3.91. The van der Waals surface area contributed by atoms with Crippen molar-refractivity contribution in [3.8, 4) is 0 Å². The van der Waals surface area contributed by atoms with E-state index in [9.17, 15) is 4.79 Å². The quantitative estimate of drug-likeness (QED) is 0.577. The van der Waals surface area contributed by atoms with Crippen LogP contribution in [0, 0.1) is 0 Å². The minimum absolute atomic E-state index is 0.0506. The Labute approximate surface area is 107 Å². The lowest BCUT2D eigenvalue weighted by Gasteiger charge is -1.97. The van der Waals surface area contributed by atoms with E-state index in [1.807, 2.05) is 12.1 Å². The number of amides is 1. The van der Waals surface area contributed by atoms with Crippen LogP contribution in [0.25, 0.3) is 0 Å². The predicted octanol–water partition coefficient (Wildman–Crippen LogP) is 2.69. The van der Waals surface area contributed by atoms with Crippen LogP contribution in [0.1, 0.15) is 5.56 Å². The number of hydrogen-bond acceptors (Lipinski definition) is 4. The van der Waals surface area contributed by atoms with Gasteiger partial charge in [0.1, 0.15) is 4.32 Å². The van der Waals surface area contributed by atoms with E-state index >= 15 is 0 Å². The summed E-state index contributed by atoms with van der Waals surface area (Å²) >= 11 is 8.03. The highest BCUT2D eigenvalue weighted by Gasteiger charge is 2.29. The highest BCUT2D eigenvalue weighted by atomic mass is 32.2. The van der Waals surface area contributed by atoms with Crippen LogP contribution in [0.15, 0.2) is 39.0 Å². The molecule has 2 nitrogen and oxygen atoms in total. The molecule has 1 fully saturated rings. The third-order valence-electron chi connectivity index (χ3n) is 2.43. The van der Waals surface area contributed by atoms with Crippen LogP contribution in [-0.2, 0) is 11.2 Å². The fraction of sp³-hybridized carbons (Fsp3) is 0.0909. The summed E-state index contributed by atoms with van der Waals surface area (Å²) in [7, 11) is 0. The number of benzene rings is 1. The number of hydrogen-bond donors (Lipinski definition) is 1. The van der Waals surface area contributed by atoms with E-state index in [0.717, 1.165) is 16.2 Å². The number of thioether (sulfide) groups is 2. The molecule has 0 aromatic heterocycles. The molecule has 0 saturated carbocycles. The van der Waals surface area contributed by atoms with Crippen molar-refractivity contribution >= 4 is 46.0 Å². The molecular formula is C11H7NOS3. The number of allylic oxidation sites excluding steroid dienone is 1. The summed E-state index contributed by atoms with van der Waals surface area (Å²) in [5.74, 6) is -0.0506. The lowest BCUT2D eigenvalue weighted by molar-refractivity contribution is -0.115. The normalized spacial score (nSPS) is 23.5. The summed E-state index contributed by atoms with van der Waals surface area (Å²) in [5, 5.41) is 2.65. The van der Waals surface area contributed by atoms with Crippen molar-refractivity contribution in [3.05, 3.63) is 39.6 Å². The van der Waals surface area contributed by atoms with Gasteiger partial charge in [-0.2, -0.15) is 0 Å². The smallest absolute Gasteiger partial charge is 0.264 e. The summed E-state index contributed by atoms with van der Waals surface area (Å²) in [6.45, 7) is 0. The highest BCUT2D eigenvalue weighted by Crippen LogP contribution is 2.44. The lowest BCUT2D eigenvalue weighted by Crippen LogP contribution is -2.18. The van der Waals surface area contributed by atoms with Crippen LogP contribution in [0.4, 0.5) is 0 Å². The van der Waals surface area contributed by atoms with Crippen molar-refractivity contribution < 1.29 is 4.79 Å². The Morgan fingerprint density at radius 2 is 2.06 bits per heavy atom. The molecule has 0 radical (unpaired) electrons. The van der Waals surface area contributed by atoms with Crippen molar-refractivity contribution in [1.29, 1.82) is 0 Å². The maximum absolute atomic E-state index is 11.6. The summed E-state index contributed by atoms with van der Waals surface area (Å²) < 4.78 is 0.559. The lowest BCUT2D eigenvalue weighted by atomic mass is 10.1. The molecule has 1 aromatic rings. The van der Waals surface area contributed by atoms with E-state index < -0.39 is 0 Å². The Morgan fingerprint density at radius 1 is 1.25 bits per heavy atom. The van der Waals surface area contributed by atoms with E-state index in [0.29, 0.717) is 4.32 Å². The molecular weight excluding hydrogens is 258 g/mol. The van der Waals surface area contributed by atoms with Gasteiger partial charge in [0.05, 0.1) is 4.91 Å². The summed E-state index contributed by atoms with van der Waals surface area (Å²) in [5.41, 5.74) is 1.29. The van der Waals surface area contributed by atoms with Crippen molar-refractivity contribution in [2.75, 3.05) is 0 Å². The van der Waals surface area contributed by atoms with Crippen LogP contribution in [0.5, 0.6) is 0 Å². The molecule has 16 heavy (non-hydrogen) atoms. The van der Waals surface area contributed by atoms with Crippen LogP contribution in [0.2, 0.25) is 0 Å². The number of carbonyl (C=O) groups excluding carboxylic acids is 1. The SMILES string of the molecule is O=C1NC(=S)S/C1=C1/Cc2ccccc2S1. The third-order valence-corrected chi connectivity index (χ3v) is 5.04. The maximum Gasteiger partial charge on any atom is 0.264 e. The zero-order valence-electron chi connectivity index (χ0n) is 8.15. The third kappa shape index (κ3) is 1.69. The highest BCUT2D eigenvalue weighted by molar-refractivity contribution is 8.27. The molecule has 0 bridgehead atoms. The molecule has 0 aliphatic carbocycles. The molecule has 0 atom stereocenters. The van der Waals surface area contributed by atoms with Gasteiger partial charge in [-0.15, -0.1) is 0 Å². The molecule has 5 heteroatoms. The molecule has 80 valence electrons. The number of thiocarbonyl (C=S) groups is 1. The van der Waals surface area contributed by atoms with Crippen LogP contribution < -0.4 is 5.32 Å². The molecule has 2 aliphatic heterocycles. The van der Waals surface area contributed by atoms with Crippen LogP contribution in [-0.4, -0.2) is 10.2 Å². The average Bonchev–Trinajstić information content (AvgIpc) is 2.81. The standard InChI is InChI=1S/C11H7NOS3/c13-10-9(16-11(14)12-10)8-5-6-3-1-2-4-7(6)15-8/h1-4H,5H2,(H,12,13,14)/b9-8-. The summed E-state index contributed by atoms with van der Waals surface area (Å²) in [6.07, 6.45) is 0.846. The second-order valence-electron chi connectivity index (χ2n) is 3.48. The fourth-order valence-corrected chi connectivity index (χ4v) is 4.06. The molecule has 0 unspecified atom stereocenters. The monoisotopic (exact) mass is 265 g/mol. The van der Waals surface area contributed by atoms with Gasteiger partial charge in [-0.3, -0.25) is 4.79 Å². The topological polar surface area (TPSA) is 29.1 Å². The molecule has 1 saturated heterocycles. The first-order valence-electron chi connectivity index (χ1n) is 4.76. The molecule has 2 heterocycles. The van der Waals surface area contributed by atoms with Gasteiger partial charge in [0.2, 0.25) is 0 Å². The number of fused-ring (bicyclic) bond motifs is 1. The van der Waals surface area contributed by atoms with E-state index in [4.69, 9.17) is 12.2 Å². The molecule has 1 amide bonds. The first-order valence-corrected chi connectivity index (χ1v) is 6.80. The zero-order chi connectivity index (χ0) is 11.1. The van der Waals surface area contributed by atoms with Crippen molar-refractivity contribution in [2.45, 2.75) is 11.3 Å². The van der Waals surface area contributed by atoms with Gasteiger partial charge in [-0.25, -0.2) is 0 Å². The van der Waals surface area contributed by atoms with Crippen LogP contribution in [0.3, 0.4) is 0 Å². The molecule has 3 rings (SSSR count). The Hall–Kier alpha value is -0.780.